The van der Waals surface area contributed by atoms with Gasteiger partial charge in [-0.25, -0.2) is 0 Å². The van der Waals surface area contributed by atoms with Crippen molar-refractivity contribution in [2.75, 3.05) is 13.2 Å². The van der Waals surface area contributed by atoms with E-state index in [1.54, 1.807) is 6.21 Å². The van der Waals surface area contributed by atoms with Gasteiger partial charge in [-0.1, -0.05) is 0 Å². The van der Waals surface area contributed by atoms with Gasteiger partial charge in [-0.05, 0) is 66.4 Å². The van der Waals surface area contributed by atoms with E-state index in [0.29, 0.717) is 19.0 Å². The van der Waals surface area contributed by atoms with Gasteiger partial charge < -0.3 is 15.2 Å². The molecule has 0 heterocycles. The second-order valence-electron chi connectivity index (χ2n) is 3.43. The molecule has 0 radical (unpaired) electrons. The number of hydrazone groups is 1. The number of halogens is 1. The molecule has 5 nitrogen and oxygen atoms in total. The van der Waals surface area contributed by atoms with Crippen molar-refractivity contribution < 1.29 is 9.47 Å². The molecule has 0 aliphatic heterocycles. The summed E-state index contributed by atoms with van der Waals surface area (Å²) in [6, 6.07) is 3.81. The fraction of sp³-hybridized carbons (Fsp3) is 0.333. The monoisotopic (exact) mass is 393 g/mol. The van der Waals surface area contributed by atoms with Gasteiger partial charge in [0.05, 0.1) is 23.0 Å². The molecule has 0 amide bonds. The van der Waals surface area contributed by atoms with Gasteiger partial charge in [0.1, 0.15) is 0 Å². The molecule has 0 saturated carbocycles. The summed E-state index contributed by atoms with van der Waals surface area (Å²) in [6.07, 6.45) is 1.62. The van der Waals surface area contributed by atoms with Crippen molar-refractivity contribution in [1.82, 2.24) is 5.43 Å². The lowest BCUT2D eigenvalue weighted by atomic mass is 10.2. The quantitative estimate of drug-likeness (QED) is 0.336. The van der Waals surface area contributed by atoms with E-state index in [-0.39, 0.29) is 5.11 Å². The molecule has 1 rings (SSSR count). The Bertz CT molecular complexity index is 480. The molecular weight excluding hydrogens is 377 g/mol. The van der Waals surface area contributed by atoms with E-state index in [2.05, 4.69) is 45.3 Å². The molecule has 104 valence electrons. The molecule has 0 saturated heterocycles. The lowest BCUT2D eigenvalue weighted by molar-refractivity contribution is 0.286. The zero-order valence-corrected chi connectivity index (χ0v) is 13.7. The molecular formula is C12H16IN3O2S. The lowest BCUT2D eigenvalue weighted by Crippen LogP contribution is -2.24. The topological polar surface area (TPSA) is 68.9 Å². The standard InChI is InChI=1S/C12H16IN3O2S/c1-3-17-10-6-8(7-15-16-12(14)19)5-9(13)11(10)18-4-2/h5-7H,3-4H2,1-2H3,(H3,14,16,19)/b15-7+. The first kappa shape index (κ1) is 16.0. The van der Waals surface area contributed by atoms with Crippen molar-refractivity contribution in [3.63, 3.8) is 0 Å². The summed E-state index contributed by atoms with van der Waals surface area (Å²) in [6.45, 7) is 5.03. The molecule has 0 aliphatic carbocycles. The highest BCUT2D eigenvalue weighted by Crippen LogP contribution is 2.33. The Labute approximate surface area is 131 Å². The number of hydrogen-bond acceptors (Lipinski definition) is 4. The fourth-order valence-electron chi connectivity index (χ4n) is 1.38. The Hall–Kier alpha value is -1.09. The maximum atomic E-state index is 5.58. The van der Waals surface area contributed by atoms with E-state index in [1.165, 1.54) is 0 Å². The molecule has 0 bridgehead atoms. The van der Waals surface area contributed by atoms with E-state index in [4.69, 9.17) is 15.2 Å². The molecule has 19 heavy (non-hydrogen) atoms. The molecule has 3 N–H and O–H groups in total. The lowest BCUT2D eigenvalue weighted by Gasteiger charge is -2.13. The number of hydrogen-bond donors (Lipinski definition) is 2. The third-order valence-electron chi connectivity index (χ3n) is 2.01. The van der Waals surface area contributed by atoms with Crippen molar-refractivity contribution in [1.29, 1.82) is 0 Å². The molecule has 0 spiro atoms. The van der Waals surface area contributed by atoms with Gasteiger partial charge in [-0.15, -0.1) is 0 Å². The summed E-state index contributed by atoms with van der Waals surface area (Å²) in [5.74, 6) is 1.46. The predicted octanol–water partition coefficient (Wildman–Crippen LogP) is 2.26. The van der Waals surface area contributed by atoms with Gasteiger partial charge in [-0.2, -0.15) is 5.10 Å². The van der Waals surface area contributed by atoms with Gasteiger partial charge in [0, 0.05) is 0 Å². The minimum Gasteiger partial charge on any atom is -0.490 e. The average Bonchev–Trinajstić information content (AvgIpc) is 2.33. The van der Waals surface area contributed by atoms with Crippen molar-refractivity contribution >= 4 is 46.1 Å². The van der Waals surface area contributed by atoms with Gasteiger partial charge in [-0.3, -0.25) is 5.43 Å². The van der Waals surface area contributed by atoms with Gasteiger partial charge >= 0.3 is 0 Å². The van der Waals surface area contributed by atoms with Crippen LogP contribution in [0.15, 0.2) is 17.2 Å². The zero-order valence-electron chi connectivity index (χ0n) is 10.8. The highest BCUT2D eigenvalue weighted by Gasteiger charge is 2.10. The highest BCUT2D eigenvalue weighted by molar-refractivity contribution is 14.1. The summed E-state index contributed by atoms with van der Waals surface area (Å²) >= 11 is 6.87. The number of rotatable bonds is 6. The Morgan fingerprint density at radius 3 is 2.68 bits per heavy atom. The van der Waals surface area contributed by atoms with E-state index >= 15 is 0 Å². The van der Waals surface area contributed by atoms with E-state index < -0.39 is 0 Å². The van der Waals surface area contributed by atoms with Crippen LogP contribution < -0.4 is 20.6 Å². The van der Waals surface area contributed by atoms with E-state index in [1.807, 2.05) is 26.0 Å². The van der Waals surface area contributed by atoms with Crippen molar-refractivity contribution in [3.05, 3.63) is 21.3 Å². The summed E-state index contributed by atoms with van der Waals surface area (Å²) in [7, 11) is 0. The molecule has 0 aliphatic rings. The Morgan fingerprint density at radius 1 is 1.42 bits per heavy atom. The van der Waals surface area contributed by atoms with Crippen LogP contribution >= 0.6 is 34.8 Å². The zero-order chi connectivity index (χ0) is 14.3. The largest absolute Gasteiger partial charge is 0.490 e. The van der Waals surface area contributed by atoms with Crippen molar-refractivity contribution in [2.24, 2.45) is 10.8 Å². The molecule has 0 atom stereocenters. The normalized spacial score (nSPS) is 10.5. The molecule has 1 aromatic rings. The van der Waals surface area contributed by atoms with Crippen molar-refractivity contribution in [2.45, 2.75) is 13.8 Å². The smallest absolute Gasteiger partial charge is 0.184 e. The minimum absolute atomic E-state index is 0.127. The Balaban J connectivity index is 3.01. The van der Waals surface area contributed by atoms with Gasteiger partial charge in [0.2, 0.25) is 0 Å². The average molecular weight is 393 g/mol. The summed E-state index contributed by atoms with van der Waals surface area (Å²) in [4.78, 5) is 0. The van der Waals surface area contributed by atoms with Crippen LogP contribution in [0.5, 0.6) is 11.5 Å². The Morgan fingerprint density at radius 2 is 2.11 bits per heavy atom. The molecule has 1 aromatic carbocycles. The van der Waals surface area contributed by atoms with Crippen LogP contribution in [-0.2, 0) is 0 Å². The first-order valence-corrected chi connectivity index (χ1v) is 7.24. The third-order valence-corrected chi connectivity index (χ3v) is 2.90. The molecule has 0 fully saturated rings. The number of nitrogens with one attached hydrogen (secondary N) is 1. The molecule has 0 unspecified atom stereocenters. The minimum atomic E-state index is 0.127. The number of nitrogens with zero attached hydrogens (tertiary/aromatic N) is 1. The van der Waals surface area contributed by atoms with Crippen LogP contribution in [0.2, 0.25) is 0 Å². The Kier molecular flexibility index (Phi) is 6.85. The second kappa shape index (κ2) is 8.16. The van der Waals surface area contributed by atoms with Crippen LogP contribution in [-0.4, -0.2) is 24.5 Å². The van der Waals surface area contributed by atoms with Gasteiger partial charge in [0.25, 0.3) is 0 Å². The maximum Gasteiger partial charge on any atom is 0.184 e. The summed E-state index contributed by atoms with van der Waals surface area (Å²) in [5.41, 5.74) is 8.67. The number of benzene rings is 1. The van der Waals surface area contributed by atoms with E-state index in [9.17, 15) is 0 Å². The molecule has 7 heteroatoms. The van der Waals surface area contributed by atoms with Gasteiger partial charge in [0.15, 0.2) is 16.6 Å². The number of ether oxygens (including phenoxy) is 2. The van der Waals surface area contributed by atoms with Crippen LogP contribution in [0.1, 0.15) is 19.4 Å². The third kappa shape index (κ3) is 5.19. The second-order valence-corrected chi connectivity index (χ2v) is 5.03. The number of nitrogens with two attached hydrogens (primary N) is 1. The van der Waals surface area contributed by atoms with E-state index in [0.717, 1.165) is 14.9 Å². The highest BCUT2D eigenvalue weighted by atomic mass is 127. The first-order valence-electron chi connectivity index (χ1n) is 5.76. The fourth-order valence-corrected chi connectivity index (χ4v) is 2.21. The van der Waals surface area contributed by atoms with Crippen LogP contribution in [0.3, 0.4) is 0 Å². The summed E-state index contributed by atoms with van der Waals surface area (Å²) in [5, 5.41) is 4.04. The number of thiocarbonyl (C=S) groups is 1. The SMILES string of the molecule is CCOc1cc(/C=N/NC(N)=S)cc(I)c1OCC. The van der Waals surface area contributed by atoms with Crippen LogP contribution in [0.25, 0.3) is 0 Å². The van der Waals surface area contributed by atoms with Crippen molar-refractivity contribution in [3.8, 4) is 11.5 Å². The first-order chi connectivity index (χ1) is 9.08. The van der Waals surface area contributed by atoms with Crippen LogP contribution in [0.4, 0.5) is 0 Å². The van der Waals surface area contributed by atoms with Crippen LogP contribution in [0, 0.1) is 3.57 Å². The molecule has 0 aromatic heterocycles. The summed E-state index contributed by atoms with van der Waals surface area (Å²) < 4.78 is 12.1. The predicted molar refractivity (Wildman–Crippen MR) is 89.0 cm³/mol. The maximum absolute atomic E-state index is 5.58.